The van der Waals surface area contributed by atoms with E-state index < -0.39 is 0 Å². The lowest BCUT2D eigenvalue weighted by Gasteiger charge is -2.18. The highest BCUT2D eigenvalue weighted by atomic mass is 16.3. The molecule has 4 nitrogen and oxygen atoms in total. The minimum Gasteiger partial charge on any atom is -0.508 e. The van der Waals surface area contributed by atoms with Crippen LogP contribution in [0.4, 0.5) is 0 Å². The van der Waals surface area contributed by atoms with Crippen LogP contribution in [0, 0.1) is 0 Å². The zero-order valence-electron chi connectivity index (χ0n) is 18.2. The number of hydrogen-bond acceptors (Lipinski definition) is 4. The van der Waals surface area contributed by atoms with Gasteiger partial charge in [-0.15, -0.1) is 0 Å². The van der Waals surface area contributed by atoms with Crippen LogP contribution in [0.3, 0.4) is 0 Å². The van der Waals surface area contributed by atoms with Crippen LogP contribution in [0.2, 0.25) is 0 Å². The molecule has 1 atom stereocenters. The van der Waals surface area contributed by atoms with Gasteiger partial charge in [-0.05, 0) is 70.8 Å². The van der Waals surface area contributed by atoms with Gasteiger partial charge in [0.2, 0.25) is 0 Å². The number of phenolic OH excluding ortho intramolecular Hbond substituents is 3. The maximum Gasteiger partial charge on any atom is 0.115 e. The maximum absolute atomic E-state index is 9.23. The number of hydrogen-bond donors (Lipinski definition) is 3. The van der Waals surface area contributed by atoms with Gasteiger partial charge in [-0.2, -0.15) is 0 Å². The summed E-state index contributed by atoms with van der Waals surface area (Å²) in [7, 11) is 0. The second-order valence-corrected chi connectivity index (χ2v) is 8.16. The van der Waals surface area contributed by atoms with Crippen LogP contribution >= 0.6 is 0 Å². The number of carbonyl (C=O) groups is 1. The molecule has 0 heterocycles. The topological polar surface area (TPSA) is 77.8 Å². The van der Waals surface area contributed by atoms with Gasteiger partial charge in [0.05, 0.1) is 0 Å². The number of phenols is 3. The molecule has 0 spiro atoms. The fourth-order valence-electron chi connectivity index (χ4n) is 2.87. The Bertz CT molecular complexity index is 861. The molecule has 160 valence electrons. The lowest BCUT2D eigenvalue weighted by molar-refractivity contribution is -0.0980. The van der Waals surface area contributed by atoms with Crippen LogP contribution in [-0.2, 0) is 16.6 Å². The number of carbonyl (C=O) groups excluding carboxylic acids is 1. The van der Waals surface area contributed by atoms with Gasteiger partial charge >= 0.3 is 0 Å². The fourth-order valence-corrected chi connectivity index (χ4v) is 2.87. The summed E-state index contributed by atoms with van der Waals surface area (Å²) in [5, 5.41) is 27.5. The first kappa shape index (κ1) is 24.8. The van der Waals surface area contributed by atoms with Gasteiger partial charge < -0.3 is 20.1 Å². The van der Waals surface area contributed by atoms with Crippen molar-refractivity contribution in [2.45, 2.75) is 45.4 Å². The molecule has 0 aliphatic carbocycles. The molecule has 0 radical (unpaired) electrons. The molecule has 0 bridgehead atoms. The van der Waals surface area contributed by atoms with Crippen molar-refractivity contribution in [2.24, 2.45) is 0 Å². The van der Waals surface area contributed by atoms with E-state index in [1.807, 2.05) is 43.2 Å². The smallest absolute Gasteiger partial charge is 0.115 e. The molecule has 0 saturated carbocycles. The maximum atomic E-state index is 9.23. The second-order valence-electron chi connectivity index (χ2n) is 8.16. The Hall–Kier alpha value is -3.27. The predicted octanol–water partition coefficient (Wildman–Crippen LogP) is 5.95. The summed E-state index contributed by atoms with van der Waals surface area (Å²) >= 11 is 0. The van der Waals surface area contributed by atoms with E-state index >= 15 is 0 Å². The Kier molecular flexibility index (Phi) is 9.63. The SMILES string of the molecule is C=O.CC(C)(C)c1ccc(O)cc1.CC(Cc1ccc(O)cc1)c1ccc(O)cc1. The third kappa shape index (κ3) is 8.39. The van der Waals surface area contributed by atoms with E-state index in [1.165, 1.54) is 16.7 Å². The van der Waals surface area contributed by atoms with E-state index in [9.17, 15) is 10.2 Å². The van der Waals surface area contributed by atoms with Gasteiger partial charge in [-0.1, -0.05) is 64.1 Å². The molecule has 3 rings (SSSR count). The van der Waals surface area contributed by atoms with Crippen molar-refractivity contribution in [3.05, 3.63) is 89.5 Å². The zero-order valence-corrected chi connectivity index (χ0v) is 18.2. The Morgan fingerprint density at radius 3 is 1.47 bits per heavy atom. The summed E-state index contributed by atoms with van der Waals surface area (Å²) in [6.45, 7) is 10.6. The van der Waals surface area contributed by atoms with Crippen LogP contribution in [-0.4, -0.2) is 22.1 Å². The monoisotopic (exact) mass is 408 g/mol. The van der Waals surface area contributed by atoms with Crippen molar-refractivity contribution in [2.75, 3.05) is 0 Å². The lowest BCUT2D eigenvalue weighted by Crippen LogP contribution is -2.10. The largest absolute Gasteiger partial charge is 0.508 e. The lowest BCUT2D eigenvalue weighted by atomic mass is 9.87. The summed E-state index contributed by atoms with van der Waals surface area (Å²) < 4.78 is 0. The van der Waals surface area contributed by atoms with E-state index in [0.717, 1.165) is 6.42 Å². The first-order valence-corrected chi connectivity index (χ1v) is 9.80. The molecule has 3 N–H and O–H groups in total. The number of aromatic hydroxyl groups is 3. The van der Waals surface area contributed by atoms with Gasteiger partial charge in [0.15, 0.2) is 0 Å². The summed E-state index contributed by atoms with van der Waals surface area (Å²) in [5.41, 5.74) is 3.82. The summed E-state index contributed by atoms with van der Waals surface area (Å²) in [6.07, 6.45) is 0.922. The van der Waals surface area contributed by atoms with Crippen molar-refractivity contribution in [3.63, 3.8) is 0 Å². The van der Waals surface area contributed by atoms with Gasteiger partial charge in [0.25, 0.3) is 0 Å². The molecule has 0 amide bonds. The fraction of sp³-hybridized carbons (Fsp3) is 0.269. The molecule has 0 aliphatic rings. The molecule has 4 heteroatoms. The van der Waals surface area contributed by atoms with E-state index in [0.29, 0.717) is 23.2 Å². The minimum absolute atomic E-state index is 0.174. The van der Waals surface area contributed by atoms with Gasteiger partial charge in [0.1, 0.15) is 24.0 Å². The molecule has 30 heavy (non-hydrogen) atoms. The van der Waals surface area contributed by atoms with Crippen molar-refractivity contribution in [1.82, 2.24) is 0 Å². The Balaban J connectivity index is 0.000000300. The molecular weight excluding hydrogens is 376 g/mol. The summed E-state index contributed by atoms with van der Waals surface area (Å²) in [5.74, 6) is 1.31. The zero-order chi connectivity index (χ0) is 22.7. The van der Waals surface area contributed by atoms with E-state index in [4.69, 9.17) is 9.90 Å². The van der Waals surface area contributed by atoms with Crippen LogP contribution in [0.1, 0.15) is 50.3 Å². The quantitative estimate of drug-likeness (QED) is 0.500. The Morgan fingerprint density at radius 2 is 1.07 bits per heavy atom. The number of rotatable bonds is 3. The molecule has 0 aromatic heterocycles. The first-order valence-electron chi connectivity index (χ1n) is 9.80. The molecule has 3 aromatic rings. The van der Waals surface area contributed by atoms with Gasteiger partial charge in [-0.3, -0.25) is 0 Å². The summed E-state index contributed by atoms with van der Waals surface area (Å²) in [6, 6.07) is 22.0. The predicted molar refractivity (Wildman–Crippen MR) is 122 cm³/mol. The standard InChI is InChI=1S/C15H16O2.C10H14O.CH2O/c1-11(13-4-8-15(17)9-5-13)10-12-2-6-14(16)7-3-12;1-10(2,3)8-4-6-9(11)7-5-8;1-2/h2-9,11,16-17H,10H2,1H3;4-7,11H,1-3H3;1H2. The van der Waals surface area contributed by atoms with E-state index in [2.05, 4.69) is 27.7 Å². The molecule has 0 aliphatic heterocycles. The number of benzene rings is 3. The van der Waals surface area contributed by atoms with E-state index in [-0.39, 0.29) is 5.41 Å². The van der Waals surface area contributed by atoms with Crippen molar-refractivity contribution in [1.29, 1.82) is 0 Å². The van der Waals surface area contributed by atoms with Crippen molar-refractivity contribution < 1.29 is 20.1 Å². The molecule has 1 unspecified atom stereocenters. The highest BCUT2D eigenvalue weighted by Crippen LogP contribution is 2.24. The van der Waals surface area contributed by atoms with Crippen molar-refractivity contribution >= 4 is 6.79 Å². The second kappa shape index (κ2) is 11.7. The molecule has 0 saturated heterocycles. The Labute approximate surface area is 179 Å². The van der Waals surface area contributed by atoms with E-state index in [1.54, 1.807) is 36.4 Å². The third-order valence-electron chi connectivity index (χ3n) is 4.67. The van der Waals surface area contributed by atoms with Gasteiger partial charge in [0, 0.05) is 0 Å². The van der Waals surface area contributed by atoms with Crippen LogP contribution < -0.4 is 0 Å². The average Bonchev–Trinajstić information content (AvgIpc) is 2.72. The highest BCUT2D eigenvalue weighted by molar-refractivity contribution is 5.31. The van der Waals surface area contributed by atoms with Crippen LogP contribution in [0.5, 0.6) is 17.2 Å². The normalized spacial score (nSPS) is 11.3. The first-order chi connectivity index (χ1) is 14.1. The van der Waals surface area contributed by atoms with Gasteiger partial charge in [-0.25, -0.2) is 0 Å². The van der Waals surface area contributed by atoms with Crippen LogP contribution in [0.25, 0.3) is 0 Å². The Morgan fingerprint density at radius 1 is 0.700 bits per heavy atom. The molecule has 0 fully saturated rings. The molecular formula is C26H32O4. The minimum atomic E-state index is 0.174. The highest BCUT2D eigenvalue weighted by Gasteiger charge is 2.12. The third-order valence-corrected chi connectivity index (χ3v) is 4.67. The average molecular weight is 409 g/mol. The molecule has 3 aromatic carbocycles. The van der Waals surface area contributed by atoms with Crippen LogP contribution in [0.15, 0.2) is 72.8 Å². The van der Waals surface area contributed by atoms with Crippen molar-refractivity contribution in [3.8, 4) is 17.2 Å². The summed E-state index contributed by atoms with van der Waals surface area (Å²) in [4.78, 5) is 8.00.